The van der Waals surface area contributed by atoms with E-state index in [0.717, 1.165) is 34.0 Å². The molecule has 3 N–H and O–H groups in total. The minimum Gasteiger partial charge on any atom is -0.478 e. The summed E-state index contributed by atoms with van der Waals surface area (Å²) in [7, 11) is 1.45. The molecule has 2 aromatic heterocycles. The number of aromatic carboxylic acids is 1. The summed E-state index contributed by atoms with van der Waals surface area (Å²) in [5.41, 5.74) is 6.09. The van der Waals surface area contributed by atoms with Gasteiger partial charge in [-0.15, -0.1) is 0 Å². The van der Waals surface area contributed by atoms with E-state index >= 15 is 0 Å². The number of carboxylic acid groups (broad SMARTS) is 1. The van der Waals surface area contributed by atoms with Crippen molar-refractivity contribution in [3.63, 3.8) is 0 Å². The second kappa shape index (κ2) is 11.7. The number of rotatable bonds is 8. The number of carbonyl (C=O) groups is 2. The number of nitrogens with zero attached hydrogens (tertiary/aromatic N) is 3. The number of halogens is 1. The van der Waals surface area contributed by atoms with Crippen LogP contribution in [0.2, 0.25) is 5.02 Å². The molecular formula is C30H28ClN5O4S. The third-order valence-corrected chi connectivity index (χ3v) is 7.67. The number of aryl methyl sites for hydroxylation is 1. The van der Waals surface area contributed by atoms with Gasteiger partial charge in [0.15, 0.2) is 5.11 Å². The molecule has 11 heteroatoms. The van der Waals surface area contributed by atoms with Crippen molar-refractivity contribution in [2.45, 2.75) is 25.9 Å². The number of nitrogens with one attached hydrogen (secondary N) is 2. The Kier molecular flexibility index (Phi) is 8.07. The zero-order valence-electron chi connectivity index (χ0n) is 22.6. The monoisotopic (exact) mass is 589 g/mol. The number of amides is 1. The molecule has 2 aromatic carbocycles. The summed E-state index contributed by atoms with van der Waals surface area (Å²) in [5, 5.41) is 16.4. The van der Waals surface area contributed by atoms with E-state index in [1.165, 1.54) is 7.11 Å². The molecule has 0 bridgehead atoms. The number of hydrogen-bond donors (Lipinski definition) is 3. The molecule has 1 amide bonds. The Morgan fingerprint density at radius 3 is 2.46 bits per heavy atom. The van der Waals surface area contributed by atoms with E-state index < -0.39 is 5.97 Å². The first-order chi connectivity index (χ1) is 19.7. The van der Waals surface area contributed by atoms with Crippen molar-refractivity contribution >= 4 is 52.2 Å². The Balaban J connectivity index is 1.59. The summed E-state index contributed by atoms with van der Waals surface area (Å²) in [6.45, 7) is 3.96. The average Bonchev–Trinajstić information content (AvgIpc) is 3.45. The summed E-state index contributed by atoms with van der Waals surface area (Å²) in [6, 6.07) is 19.5. The molecule has 3 heterocycles. The molecule has 41 heavy (non-hydrogen) atoms. The van der Waals surface area contributed by atoms with Crippen LogP contribution in [0.4, 0.5) is 11.4 Å². The van der Waals surface area contributed by atoms with Crippen LogP contribution in [0.25, 0.3) is 5.69 Å². The summed E-state index contributed by atoms with van der Waals surface area (Å²) >= 11 is 12.5. The largest absolute Gasteiger partial charge is 0.478 e. The van der Waals surface area contributed by atoms with Crippen molar-refractivity contribution in [1.82, 2.24) is 14.9 Å². The molecular weight excluding hydrogens is 562 g/mol. The summed E-state index contributed by atoms with van der Waals surface area (Å²) < 4.78 is 6.99. The zero-order chi connectivity index (χ0) is 29.3. The van der Waals surface area contributed by atoms with Gasteiger partial charge in [0.2, 0.25) is 5.91 Å². The van der Waals surface area contributed by atoms with Crippen molar-refractivity contribution in [3.8, 4) is 5.69 Å². The second-order valence-electron chi connectivity index (χ2n) is 9.66. The molecule has 210 valence electrons. The van der Waals surface area contributed by atoms with Crippen LogP contribution in [0.15, 0.2) is 72.9 Å². The first-order valence-electron chi connectivity index (χ1n) is 12.8. The minimum atomic E-state index is -0.972. The van der Waals surface area contributed by atoms with Gasteiger partial charge in [-0.1, -0.05) is 17.7 Å². The van der Waals surface area contributed by atoms with E-state index in [1.54, 1.807) is 42.6 Å². The maximum atomic E-state index is 12.1. The van der Waals surface area contributed by atoms with Gasteiger partial charge >= 0.3 is 5.97 Å². The second-order valence-corrected chi connectivity index (χ2v) is 10.4. The number of benzene rings is 2. The standard InChI is InChI=1S/C30H28ClN5O4S/c1-17-14-22(18(2)35(17)20-9-7-19(8-10-20)29(38)39)28-27(25-6-4-5-13-32-25)34-30(41)36(28)21-11-12-24(23(31)15-21)33-26(37)16-40-3/h4-15,27-28H,16H2,1-3H3,(H,33,37)(H,34,41)(H,38,39)/t27-,28-/m1/s1. The molecule has 1 saturated heterocycles. The lowest BCUT2D eigenvalue weighted by Crippen LogP contribution is -2.29. The lowest BCUT2D eigenvalue weighted by atomic mass is 9.96. The van der Waals surface area contributed by atoms with Crippen LogP contribution < -0.4 is 15.5 Å². The number of anilines is 2. The topological polar surface area (TPSA) is 109 Å². The van der Waals surface area contributed by atoms with E-state index in [9.17, 15) is 14.7 Å². The molecule has 2 atom stereocenters. The molecule has 9 nitrogen and oxygen atoms in total. The fourth-order valence-corrected chi connectivity index (χ4v) is 5.83. The van der Waals surface area contributed by atoms with Gasteiger partial charge in [0.05, 0.1) is 34.1 Å². The molecule has 0 spiro atoms. The first-order valence-corrected chi connectivity index (χ1v) is 13.6. The predicted molar refractivity (Wildman–Crippen MR) is 162 cm³/mol. The van der Waals surface area contributed by atoms with Gasteiger partial charge in [-0.2, -0.15) is 0 Å². The quantitative estimate of drug-likeness (QED) is 0.228. The van der Waals surface area contributed by atoms with Gasteiger partial charge in [0, 0.05) is 36.1 Å². The van der Waals surface area contributed by atoms with Crippen molar-refractivity contribution < 1.29 is 19.4 Å². The average molecular weight is 590 g/mol. The Morgan fingerprint density at radius 1 is 1.10 bits per heavy atom. The first kappa shape index (κ1) is 28.3. The van der Waals surface area contributed by atoms with Gasteiger partial charge in [0.1, 0.15) is 6.61 Å². The van der Waals surface area contributed by atoms with Crippen LogP contribution in [0.5, 0.6) is 0 Å². The van der Waals surface area contributed by atoms with Crippen molar-refractivity contribution in [2.75, 3.05) is 23.9 Å². The fraction of sp³-hybridized carbons (Fsp3) is 0.200. The van der Waals surface area contributed by atoms with E-state index in [-0.39, 0.29) is 30.2 Å². The number of aromatic nitrogens is 2. The molecule has 0 unspecified atom stereocenters. The number of hydrogen-bond acceptors (Lipinski definition) is 5. The Labute approximate surface area is 247 Å². The Morgan fingerprint density at radius 2 is 1.83 bits per heavy atom. The zero-order valence-corrected chi connectivity index (χ0v) is 24.2. The number of methoxy groups -OCH3 is 1. The van der Waals surface area contributed by atoms with Gasteiger partial charge < -0.3 is 29.9 Å². The van der Waals surface area contributed by atoms with Gasteiger partial charge in [-0.05, 0) is 92.3 Å². The summed E-state index contributed by atoms with van der Waals surface area (Å²) in [6.07, 6.45) is 1.75. The molecule has 0 saturated carbocycles. The van der Waals surface area contributed by atoms with Gasteiger partial charge in [-0.3, -0.25) is 9.78 Å². The van der Waals surface area contributed by atoms with Crippen molar-refractivity contribution in [2.24, 2.45) is 0 Å². The van der Waals surface area contributed by atoms with Gasteiger partial charge in [0.25, 0.3) is 0 Å². The van der Waals surface area contributed by atoms with E-state index in [4.69, 9.17) is 28.6 Å². The van der Waals surface area contributed by atoms with Gasteiger partial charge in [-0.25, -0.2) is 4.79 Å². The third-order valence-electron chi connectivity index (χ3n) is 7.04. The van der Waals surface area contributed by atoms with Crippen LogP contribution in [0.3, 0.4) is 0 Å². The highest BCUT2D eigenvalue weighted by Gasteiger charge is 2.42. The molecule has 0 radical (unpaired) electrons. The SMILES string of the molecule is COCC(=O)Nc1ccc(N2C(=S)N[C@H](c3ccccn3)[C@H]2c2cc(C)n(-c3ccc(C(=O)O)cc3)c2C)cc1Cl. The van der Waals surface area contributed by atoms with Crippen LogP contribution in [0.1, 0.15) is 45.1 Å². The van der Waals surface area contributed by atoms with Crippen LogP contribution in [-0.2, 0) is 9.53 Å². The van der Waals surface area contributed by atoms with Crippen molar-refractivity contribution in [1.29, 1.82) is 0 Å². The minimum absolute atomic E-state index is 0.0826. The lowest BCUT2D eigenvalue weighted by molar-refractivity contribution is -0.119. The van der Waals surface area contributed by atoms with Crippen LogP contribution in [0, 0.1) is 13.8 Å². The third kappa shape index (κ3) is 5.54. The molecule has 4 aromatic rings. The highest BCUT2D eigenvalue weighted by Crippen LogP contribution is 2.44. The normalized spacial score (nSPS) is 16.5. The maximum absolute atomic E-state index is 12.1. The molecule has 1 fully saturated rings. The fourth-order valence-electron chi connectivity index (χ4n) is 5.26. The Bertz CT molecular complexity index is 1620. The number of pyridine rings is 1. The van der Waals surface area contributed by atoms with E-state index in [2.05, 4.69) is 26.3 Å². The number of carbonyl (C=O) groups excluding carboxylic acids is 1. The summed E-state index contributed by atoms with van der Waals surface area (Å²) in [5.74, 6) is -1.28. The molecule has 1 aliphatic heterocycles. The predicted octanol–water partition coefficient (Wildman–Crippen LogP) is 5.60. The maximum Gasteiger partial charge on any atom is 0.335 e. The van der Waals surface area contributed by atoms with E-state index in [1.807, 2.05) is 43.0 Å². The molecule has 5 rings (SSSR count). The highest BCUT2D eigenvalue weighted by atomic mass is 35.5. The summed E-state index contributed by atoms with van der Waals surface area (Å²) in [4.78, 5) is 30.1. The number of thiocarbonyl (C=S) groups is 1. The number of ether oxygens (including phenoxy) is 1. The highest BCUT2D eigenvalue weighted by molar-refractivity contribution is 7.80. The molecule has 1 aliphatic rings. The van der Waals surface area contributed by atoms with Crippen LogP contribution >= 0.6 is 23.8 Å². The Hall–Kier alpha value is -4.25. The van der Waals surface area contributed by atoms with Crippen molar-refractivity contribution in [3.05, 3.63) is 106 Å². The smallest absolute Gasteiger partial charge is 0.335 e. The number of carboxylic acids is 1. The molecule has 0 aliphatic carbocycles. The van der Waals surface area contributed by atoms with E-state index in [0.29, 0.717) is 15.8 Å². The lowest BCUT2D eigenvalue weighted by Gasteiger charge is -2.28. The van der Waals surface area contributed by atoms with Crippen LogP contribution in [-0.4, -0.2) is 45.4 Å².